The van der Waals surface area contributed by atoms with Gasteiger partial charge >= 0.3 is 0 Å². The van der Waals surface area contributed by atoms with Gasteiger partial charge in [-0.3, -0.25) is 4.68 Å². The molecule has 4 aromatic rings. The van der Waals surface area contributed by atoms with Crippen molar-refractivity contribution in [2.24, 2.45) is 0 Å². The van der Waals surface area contributed by atoms with Crippen LogP contribution in [-0.4, -0.2) is 29.8 Å². The van der Waals surface area contributed by atoms with E-state index in [1.54, 1.807) is 11.0 Å². The van der Waals surface area contributed by atoms with Gasteiger partial charge in [-0.1, -0.05) is 29.8 Å². The number of rotatable bonds is 3. The van der Waals surface area contributed by atoms with Gasteiger partial charge < -0.3 is 0 Å². The summed E-state index contributed by atoms with van der Waals surface area (Å²) in [6.45, 7) is 2.48. The van der Waals surface area contributed by atoms with Gasteiger partial charge in [-0.05, 0) is 25.1 Å². The van der Waals surface area contributed by atoms with E-state index in [2.05, 4.69) is 20.3 Å². The standard InChI is InChI=1S/C16H13ClN6/c1-11-15(21-23(19-11)12-5-3-2-4-6-12)10-22-9-13-14(20-22)7-8-18-16(13)17/h2-9H,10H2,1H3. The van der Waals surface area contributed by atoms with Gasteiger partial charge in [-0.25, -0.2) is 4.98 Å². The molecule has 3 aromatic heterocycles. The van der Waals surface area contributed by atoms with E-state index in [-0.39, 0.29) is 0 Å². The van der Waals surface area contributed by atoms with E-state index in [4.69, 9.17) is 11.6 Å². The quantitative estimate of drug-likeness (QED) is 0.543. The third-order valence-corrected chi connectivity index (χ3v) is 3.91. The summed E-state index contributed by atoms with van der Waals surface area (Å²) < 4.78 is 1.81. The largest absolute Gasteiger partial charge is 0.265 e. The molecule has 0 aliphatic carbocycles. The average Bonchev–Trinajstić information content (AvgIpc) is 3.13. The Morgan fingerprint density at radius 2 is 1.87 bits per heavy atom. The summed E-state index contributed by atoms with van der Waals surface area (Å²) in [5, 5.41) is 14.8. The highest BCUT2D eigenvalue weighted by Crippen LogP contribution is 2.20. The number of hydrogen-bond donors (Lipinski definition) is 0. The Balaban J connectivity index is 1.68. The van der Waals surface area contributed by atoms with E-state index in [9.17, 15) is 0 Å². The fraction of sp³-hybridized carbons (Fsp3) is 0.125. The monoisotopic (exact) mass is 324 g/mol. The zero-order valence-electron chi connectivity index (χ0n) is 12.4. The van der Waals surface area contributed by atoms with Gasteiger partial charge in [0, 0.05) is 12.4 Å². The lowest BCUT2D eigenvalue weighted by Crippen LogP contribution is -2.03. The molecule has 23 heavy (non-hydrogen) atoms. The molecule has 0 atom stereocenters. The summed E-state index contributed by atoms with van der Waals surface area (Å²) in [5.41, 5.74) is 3.49. The molecule has 4 rings (SSSR count). The highest BCUT2D eigenvalue weighted by molar-refractivity contribution is 6.34. The molecule has 0 bridgehead atoms. The Labute approximate surface area is 137 Å². The van der Waals surface area contributed by atoms with Crippen LogP contribution in [0.1, 0.15) is 11.4 Å². The fourth-order valence-electron chi connectivity index (χ4n) is 2.43. The highest BCUT2D eigenvalue weighted by Gasteiger charge is 2.11. The number of aromatic nitrogens is 6. The number of aryl methyl sites for hydroxylation is 1. The van der Waals surface area contributed by atoms with Gasteiger partial charge in [0.25, 0.3) is 0 Å². The van der Waals surface area contributed by atoms with Crippen molar-refractivity contribution in [1.29, 1.82) is 0 Å². The molecule has 3 heterocycles. The molecule has 0 aliphatic rings. The first-order valence-corrected chi connectivity index (χ1v) is 7.54. The van der Waals surface area contributed by atoms with Crippen LogP contribution in [0, 0.1) is 6.92 Å². The number of pyridine rings is 1. The molecule has 0 amide bonds. The van der Waals surface area contributed by atoms with Gasteiger partial charge in [0.1, 0.15) is 10.8 Å². The SMILES string of the molecule is Cc1nn(-c2ccccc2)nc1Cn1cc2c(Cl)nccc2n1. The van der Waals surface area contributed by atoms with Crippen molar-refractivity contribution in [3.05, 3.63) is 65.3 Å². The zero-order valence-corrected chi connectivity index (χ0v) is 13.1. The summed E-state index contributed by atoms with van der Waals surface area (Å²) in [5.74, 6) is 0. The third kappa shape index (κ3) is 2.57. The topological polar surface area (TPSA) is 61.4 Å². The van der Waals surface area contributed by atoms with Gasteiger partial charge in [-0.15, -0.1) is 0 Å². The van der Waals surface area contributed by atoms with E-state index >= 15 is 0 Å². The highest BCUT2D eigenvalue weighted by atomic mass is 35.5. The number of benzene rings is 1. The minimum atomic E-state index is 0.457. The Morgan fingerprint density at radius 1 is 1.04 bits per heavy atom. The van der Waals surface area contributed by atoms with Crippen molar-refractivity contribution >= 4 is 22.5 Å². The molecule has 0 N–H and O–H groups in total. The number of nitrogens with zero attached hydrogens (tertiary/aromatic N) is 6. The third-order valence-electron chi connectivity index (χ3n) is 3.61. The van der Waals surface area contributed by atoms with Gasteiger partial charge in [0.2, 0.25) is 0 Å². The van der Waals surface area contributed by atoms with Crippen LogP contribution in [-0.2, 0) is 6.54 Å². The molecule has 0 saturated carbocycles. The number of hydrogen-bond acceptors (Lipinski definition) is 4. The van der Waals surface area contributed by atoms with Crippen molar-refractivity contribution in [3.63, 3.8) is 0 Å². The van der Waals surface area contributed by atoms with Crippen LogP contribution in [0.4, 0.5) is 0 Å². The van der Waals surface area contributed by atoms with Gasteiger partial charge in [0.15, 0.2) is 0 Å². The zero-order chi connectivity index (χ0) is 15.8. The second-order valence-electron chi connectivity index (χ2n) is 5.22. The molecule has 0 spiro atoms. The molecular weight excluding hydrogens is 312 g/mol. The lowest BCUT2D eigenvalue weighted by atomic mass is 10.3. The van der Waals surface area contributed by atoms with E-state index < -0.39 is 0 Å². The number of halogens is 1. The molecule has 0 fully saturated rings. The van der Waals surface area contributed by atoms with Crippen LogP contribution in [0.5, 0.6) is 0 Å². The van der Waals surface area contributed by atoms with Crippen LogP contribution in [0.25, 0.3) is 16.6 Å². The molecule has 1 aromatic carbocycles. The van der Waals surface area contributed by atoms with Crippen LogP contribution in [0.3, 0.4) is 0 Å². The van der Waals surface area contributed by atoms with Gasteiger partial charge in [-0.2, -0.15) is 20.1 Å². The Morgan fingerprint density at radius 3 is 2.65 bits per heavy atom. The maximum Gasteiger partial charge on any atom is 0.139 e. The first kappa shape index (κ1) is 13.9. The maximum atomic E-state index is 6.09. The van der Waals surface area contributed by atoms with Crippen molar-refractivity contribution in [3.8, 4) is 5.69 Å². The molecule has 0 saturated heterocycles. The molecule has 6 nitrogen and oxygen atoms in total. The Kier molecular flexibility index (Phi) is 3.31. The predicted octanol–water partition coefficient (Wildman–Crippen LogP) is 3.02. The second kappa shape index (κ2) is 5.48. The number of fused-ring (bicyclic) bond motifs is 1. The van der Waals surface area contributed by atoms with E-state index in [1.807, 2.05) is 54.2 Å². The predicted molar refractivity (Wildman–Crippen MR) is 87.7 cm³/mol. The smallest absolute Gasteiger partial charge is 0.139 e. The Hall–Kier alpha value is -2.73. The molecule has 0 radical (unpaired) electrons. The molecule has 114 valence electrons. The van der Waals surface area contributed by atoms with Gasteiger partial charge in [0.05, 0.1) is 28.8 Å². The normalized spacial score (nSPS) is 11.2. The summed E-state index contributed by atoms with van der Waals surface area (Å²) in [6.07, 6.45) is 3.53. The summed E-state index contributed by atoms with van der Waals surface area (Å²) in [4.78, 5) is 5.71. The number of para-hydroxylation sites is 1. The first-order chi connectivity index (χ1) is 11.2. The first-order valence-electron chi connectivity index (χ1n) is 7.16. The van der Waals surface area contributed by atoms with E-state index in [1.165, 1.54) is 0 Å². The van der Waals surface area contributed by atoms with Crippen molar-refractivity contribution in [1.82, 2.24) is 29.8 Å². The van der Waals surface area contributed by atoms with Crippen LogP contribution < -0.4 is 0 Å². The van der Waals surface area contributed by atoms with Crippen LogP contribution in [0.2, 0.25) is 5.15 Å². The Bertz CT molecular complexity index is 973. The van der Waals surface area contributed by atoms with Crippen molar-refractivity contribution in [2.75, 3.05) is 0 Å². The molecule has 0 aliphatic heterocycles. The molecular formula is C16H13ClN6. The molecule has 7 heteroatoms. The van der Waals surface area contributed by atoms with E-state index in [0.29, 0.717) is 11.7 Å². The van der Waals surface area contributed by atoms with E-state index in [0.717, 1.165) is 28.0 Å². The second-order valence-corrected chi connectivity index (χ2v) is 5.58. The fourth-order valence-corrected chi connectivity index (χ4v) is 2.63. The van der Waals surface area contributed by atoms with Crippen molar-refractivity contribution < 1.29 is 0 Å². The summed E-state index contributed by atoms with van der Waals surface area (Å²) in [6, 6.07) is 11.7. The van der Waals surface area contributed by atoms with Crippen LogP contribution in [0.15, 0.2) is 48.8 Å². The summed E-state index contributed by atoms with van der Waals surface area (Å²) >= 11 is 6.09. The lowest BCUT2D eigenvalue weighted by molar-refractivity contribution is 0.662. The maximum absolute atomic E-state index is 6.09. The minimum Gasteiger partial charge on any atom is -0.265 e. The molecule has 0 unspecified atom stereocenters. The summed E-state index contributed by atoms with van der Waals surface area (Å²) in [7, 11) is 0. The average molecular weight is 325 g/mol. The van der Waals surface area contributed by atoms with Crippen molar-refractivity contribution in [2.45, 2.75) is 13.5 Å². The minimum absolute atomic E-state index is 0.457. The lowest BCUT2D eigenvalue weighted by Gasteiger charge is -1.98. The van der Waals surface area contributed by atoms with Crippen LogP contribution >= 0.6 is 11.6 Å².